The van der Waals surface area contributed by atoms with Gasteiger partial charge in [-0.25, -0.2) is 0 Å². The van der Waals surface area contributed by atoms with Crippen LogP contribution in [-0.2, 0) is 9.59 Å². The number of aromatic nitrogens is 1. The van der Waals surface area contributed by atoms with Crippen molar-refractivity contribution in [1.29, 1.82) is 0 Å². The van der Waals surface area contributed by atoms with E-state index in [0.717, 1.165) is 23.9 Å². The van der Waals surface area contributed by atoms with E-state index in [1.54, 1.807) is 19.9 Å². The number of hydrogen-bond donors (Lipinski definition) is 2. The first-order valence-electron chi connectivity index (χ1n) is 7.64. The van der Waals surface area contributed by atoms with Gasteiger partial charge in [0.2, 0.25) is 11.8 Å². The number of nitrogens with one attached hydrogen (secondary N) is 2. The van der Waals surface area contributed by atoms with Crippen LogP contribution in [0.5, 0.6) is 5.75 Å². The highest BCUT2D eigenvalue weighted by atomic mass is 32.2. The van der Waals surface area contributed by atoms with Gasteiger partial charge in [0.25, 0.3) is 0 Å². The molecule has 11 heteroatoms. The molecule has 2 rings (SSSR count). The van der Waals surface area contributed by atoms with Crippen LogP contribution in [-0.4, -0.2) is 34.3 Å². The van der Waals surface area contributed by atoms with E-state index in [9.17, 15) is 22.8 Å². The summed E-state index contributed by atoms with van der Waals surface area (Å²) in [6, 6.07) is 6.47. The van der Waals surface area contributed by atoms with Crippen molar-refractivity contribution in [3.8, 4) is 5.75 Å². The fourth-order valence-electron chi connectivity index (χ4n) is 1.90. The number of carbonyl (C=O) groups excluding carboxylic acids is 2. The highest BCUT2D eigenvalue weighted by Gasteiger charge is 2.31. The Kier molecular flexibility index (Phi) is 6.72. The Morgan fingerprint density at radius 2 is 2.04 bits per heavy atom. The Bertz CT molecular complexity index is 810. The average molecular weight is 403 g/mol. The van der Waals surface area contributed by atoms with Crippen LogP contribution in [0, 0.1) is 6.92 Å². The summed E-state index contributed by atoms with van der Waals surface area (Å²) >= 11 is 1.06. The summed E-state index contributed by atoms with van der Waals surface area (Å²) in [7, 11) is 0. The molecule has 0 aliphatic carbocycles. The number of anilines is 2. The van der Waals surface area contributed by atoms with Crippen molar-refractivity contribution in [2.45, 2.75) is 25.5 Å². The zero-order chi connectivity index (χ0) is 20.0. The molecule has 27 heavy (non-hydrogen) atoms. The number of hydrogen-bond acceptors (Lipinski definition) is 6. The van der Waals surface area contributed by atoms with Crippen molar-refractivity contribution in [3.05, 3.63) is 36.1 Å². The van der Waals surface area contributed by atoms with E-state index < -0.39 is 23.3 Å². The Labute approximate surface area is 156 Å². The lowest BCUT2D eigenvalue weighted by Crippen LogP contribution is -2.25. The lowest BCUT2D eigenvalue weighted by Gasteiger charge is -2.12. The first-order valence-corrected chi connectivity index (χ1v) is 8.69. The number of rotatable bonds is 7. The molecule has 0 aliphatic heterocycles. The maximum absolute atomic E-state index is 12.2. The second-order valence-corrected chi connectivity index (χ2v) is 6.72. The second-order valence-electron chi connectivity index (χ2n) is 5.39. The molecule has 0 spiro atoms. The first kappa shape index (κ1) is 20.6. The molecule has 7 nitrogen and oxygen atoms in total. The predicted molar refractivity (Wildman–Crippen MR) is 93.5 cm³/mol. The predicted octanol–water partition coefficient (Wildman–Crippen LogP) is 3.58. The van der Waals surface area contributed by atoms with Crippen molar-refractivity contribution in [1.82, 2.24) is 5.16 Å². The van der Waals surface area contributed by atoms with Crippen LogP contribution in [0.2, 0.25) is 0 Å². The summed E-state index contributed by atoms with van der Waals surface area (Å²) in [4.78, 5) is 23.9. The van der Waals surface area contributed by atoms with E-state index in [2.05, 4.69) is 20.5 Å². The summed E-state index contributed by atoms with van der Waals surface area (Å²) in [6.45, 7) is 3.29. The number of ether oxygens (including phenoxy) is 1. The number of aryl methyl sites for hydroxylation is 1. The van der Waals surface area contributed by atoms with E-state index in [1.165, 1.54) is 12.1 Å². The number of nitrogens with zero attached hydrogens (tertiary/aromatic N) is 1. The molecule has 1 unspecified atom stereocenters. The van der Waals surface area contributed by atoms with Crippen molar-refractivity contribution in [3.63, 3.8) is 0 Å². The molecule has 2 aromatic rings. The van der Waals surface area contributed by atoms with E-state index >= 15 is 0 Å². The maximum Gasteiger partial charge on any atom is 0.573 e. The highest BCUT2D eigenvalue weighted by molar-refractivity contribution is 8.01. The largest absolute Gasteiger partial charge is 0.573 e. The smallest absolute Gasteiger partial charge is 0.406 e. The maximum atomic E-state index is 12.2. The number of halogens is 3. The van der Waals surface area contributed by atoms with Gasteiger partial charge < -0.3 is 19.9 Å². The van der Waals surface area contributed by atoms with Gasteiger partial charge in [0.15, 0.2) is 5.82 Å². The Balaban J connectivity index is 1.81. The summed E-state index contributed by atoms with van der Waals surface area (Å²) in [6.07, 6.45) is -4.82. The van der Waals surface area contributed by atoms with E-state index in [4.69, 9.17) is 4.52 Å². The van der Waals surface area contributed by atoms with Gasteiger partial charge >= 0.3 is 6.36 Å². The number of amides is 2. The Hall–Kier alpha value is -2.69. The monoisotopic (exact) mass is 403 g/mol. The molecule has 146 valence electrons. The standard InChI is InChI=1S/C16H16F3N3O4S/c1-9-6-13(22-26-9)21-15(24)10(2)27-8-14(23)20-11-4-3-5-12(7-11)25-16(17,18)19/h3-7,10H,8H2,1-2H3,(H,20,23)(H,21,22,24). The topological polar surface area (TPSA) is 93.5 Å². The van der Waals surface area contributed by atoms with Crippen LogP contribution in [0.15, 0.2) is 34.9 Å². The van der Waals surface area contributed by atoms with Crippen LogP contribution < -0.4 is 15.4 Å². The van der Waals surface area contributed by atoms with Crippen LogP contribution in [0.3, 0.4) is 0 Å². The van der Waals surface area contributed by atoms with Crippen molar-refractivity contribution < 1.29 is 32.0 Å². The molecule has 2 amide bonds. The lowest BCUT2D eigenvalue weighted by atomic mass is 10.3. The zero-order valence-corrected chi connectivity index (χ0v) is 15.1. The van der Waals surface area contributed by atoms with Gasteiger partial charge in [-0.2, -0.15) is 0 Å². The van der Waals surface area contributed by atoms with Gasteiger partial charge in [-0.05, 0) is 26.0 Å². The molecule has 0 fully saturated rings. The molecule has 0 saturated heterocycles. The minimum atomic E-state index is -4.82. The number of benzene rings is 1. The minimum Gasteiger partial charge on any atom is -0.406 e. The molecule has 1 aromatic carbocycles. The molecular formula is C16H16F3N3O4S. The van der Waals surface area contributed by atoms with Crippen LogP contribution in [0.4, 0.5) is 24.7 Å². The molecule has 1 atom stereocenters. The molecule has 2 N–H and O–H groups in total. The summed E-state index contributed by atoms with van der Waals surface area (Å²) in [5.74, 6) is -0.527. The van der Waals surface area contributed by atoms with Crippen molar-refractivity contribution in [2.24, 2.45) is 0 Å². The van der Waals surface area contributed by atoms with E-state index in [0.29, 0.717) is 5.76 Å². The Morgan fingerprint density at radius 1 is 1.30 bits per heavy atom. The average Bonchev–Trinajstić information content (AvgIpc) is 2.96. The normalized spacial score (nSPS) is 12.3. The lowest BCUT2D eigenvalue weighted by molar-refractivity contribution is -0.274. The van der Waals surface area contributed by atoms with Gasteiger partial charge in [-0.15, -0.1) is 24.9 Å². The van der Waals surface area contributed by atoms with E-state index in [1.807, 2.05) is 0 Å². The van der Waals surface area contributed by atoms with Crippen molar-refractivity contribution >= 4 is 35.1 Å². The van der Waals surface area contributed by atoms with Crippen LogP contribution in [0.1, 0.15) is 12.7 Å². The van der Waals surface area contributed by atoms with Gasteiger partial charge in [0.1, 0.15) is 11.5 Å². The summed E-state index contributed by atoms with van der Waals surface area (Å²) in [5, 5.41) is 8.07. The Morgan fingerprint density at radius 3 is 2.67 bits per heavy atom. The number of thioether (sulfide) groups is 1. The zero-order valence-electron chi connectivity index (χ0n) is 14.3. The van der Waals surface area contributed by atoms with Crippen molar-refractivity contribution in [2.75, 3.05) is 16.4 Å². The van der Waals surface area contributed by atoms with Crippen LogP contribution >= 0.6 is 11.8 Å². The number of alkyl halides is 3. The third-order valence-electron chi connectivity index (χ3n) is 3.06. The fourth-order valence-corrected chi connectivity index (χ4v) is 2.58. The first-order chi connectivity index (χ1) is 12.6. The third kappa shape index (κ3) is 7.21. The van der Waals surface area contributed by atoms with Gasteiger partial charge in [-0.3, -0.25) is 9.59 Å². The van der Waals surface area contributed by atoms with Crippen LogP contribution in [0.25, 0.3) is 0 Å². The van der Waals surface area contributed by atoms with Gasteiger partial charge in [0.05, 0.1) is 11.0 Å². The fraction of sp³-hybridized carbons (Fsp3) is 0.312. The molecule has 0 aliphatic rings. The SMILES string of the molecule is Cc1cc(NC(=O)C(C)SCC(=O)Nc2cccc(OC(F)(F)F)c2)no1. The van der Waals surface area contributed by atoms with E-state index in [-0.39, 0.29) is 23.2 Å². The molecule has 1 aromatic heterocycles. The molecule has 0 radical (unpaired) electrons. The summed E-state index contributed by atoms with van der Waals surface area (Å²) in [5.41, 5.74) is 0.150. The second kappa shape index (κ2) is 8.80. The van der Waals surface area contributed by atoms with Gasteiger partial charge in [0, 0.05) is 17.8 Å². The molecule has 1 heterocycles. The molecule has 0 bridgehead atoms. The minimum absolute atomic E-state index is 0.0726. The highest BCUT2D eigenvalue weighted by Crippen LogP contribution is 2.25. The quantitative estimate of drug-likeness (QED) is 0.734. The summed E-state index contributed by atoms with van der Waals surface area (Å²) < 4.78 is 45.3. The van der Waals surface area contributed by atoms with Gasteiger partial charge in [-0.1, -0.05) is 11.2 Å². The molecular weight excluding hydrogens is 387 g/mol. The molecule has 0 saturated carbocycles. The third-order valence-corrected chi connectivity index (χ3v) is 4.21. The number of carbonyl (C=O) groups is 2.